The standard InChI is InChI=1S/C16H21NO3/c1-17-7-5-11-3-4-15(19-2)16-14(11)10-13(20-16)9-12(18)6-8-17/h3-4,6,8,12-13,18H,5,7,9-10H2,1-2H3/b8-6+/t12-,13?/m0/s1. The third kappa shape index (κ3) is 2.48. The van der Waals surface area contributed by atoms with Gasteiger partial charge in [0.05, 0.1) is 13.2 Å². The molecule has 108 valence electrons. The second-order valence-corrected chi connectivity index (χ2v) is 5.55. The SMILES string of the molecule is COc1ccc2c3c1OC(C3)C[C@@H](O)/C=C/N(C)CC2. The molecule has 0 aliphatic carbocycles. The number of rotatable bonds is 1. The van der Waals surface area contributed by atoms with Crippen LogP contribution in [0.5, 0.6) is 11.5 Å². The van der Waals surface area contributed by atoms with E-state index in [2.05, 4.69) is 11.0 Å². The molecule has 0 aromatic heterocycles. The minimum atomic E-state index is -0.468. The normalized spacial score (nSPS) is 26.6. The third-order valence-electron chi connectivity index (χ3n) is 4.06. The van der Waals surface area contributed by atoms with Crippen molar-refractivity contribution in [1.82, 2.24) is 4.90 Å². The molecule has 2 heterocycles. The molecule has 4 nitrogen and oxygen atoms in total. The van der Waals surface area contributed by atoms with E-state index in [4.69, 9.17) is 9.47 Å². The molecule has 0 saturated heterocycles. The van der Waals surface area contributed by atoms with Gasteiger partial charge in [0.1, 0.15) is 6.10 Å². The number of benzene rings is 1. The number of nitrogens with zero attached hydrogens (tertiary/aromatic N) is 1. The molecule has 1 aromatic rings. The van der Waals surface area contributed by atoms with Crippen LogP contribution in [-0.2, 0) is 12.8 Å². The molecule has 2 aliphatic rings. The molecule has 0 radical (unpaired) electrons. The molecule has 0 amide bonds. The van der Waals surface area contributed by atoms with E-state index < -0.39 is 6.10 Å². The Morgan fingerprint density at radius 1 is 1.40 bits per heavy atom. The number of ether oxygens (including phenoxy) is 2. The highest BCUT2D eigenvalue weighted by Gasteiger charge is 2.29. The molecule has 1 N–H and O–H groups in total. The highest BCUT2D eigenvalue weighted by atomic mass is 16.5. The third-order valence-corrected chi connectivity index (χ3v) is 4.06. The van der Waals surface area contributed by atoms with Crippen molar-refractivity contribution >= 4 is 0 Å². The molecular formula is C16H21NO3. The molecule has 2 atom stereocenters. The van der Waals surface area contributed by atoms with Gasteiger partial charge >= 0.3 is 0 Å². The molecule has 1 aromatic carbocycles. The zero-order valence-electron chi connectivity index (χ0n) is 12.0. The lowest BCUT2D eigenvalue weighted by molar-refractivity contribution is 0.132. The van der Waals surface area contributed by atoms with Gasteiger partial charge in [-0.1, -0.05) is 6.07 Å². The summed E-state index contributed by atoms with van der Waals surface area (Å²) in [6.45, 7) is 0.923. The fourth-order valence-electron chi connectivity index (χ4n) is 2.93. The first-order chi connectivity index (χ1) is 9.67. The van der Waals surface area contributed by atoms with Crippen LogP contribution < -0.4 is 9.47 Å². The maximum atomic E-state index is 10.1. The first-order valence-corrected chi connectivity index (χ1v) is 7.09. The van der Waals surface area contributed by atoms with Crippen LogP contribution in [0.4, 0.5) is 0 Å². The summed E-state index contributed by atoms with van der Waals surface area (Å²) in [5.41, 5.74) is 2.57. The van der Waals surface area contributed by atoms with Crippen LogP contribution in [0.3, 0.4) is 0 Å². The highest BCUT2D eigenvalue weighted by molar-refractivity contribution is 5.53. The molecule has 3 rings (SSSR count). The monoisotopic (exact) mass is 275 g/mol. The Bertz CT molecular complexity index is 527. The number of hydrogen-bond donors (Lipinski definition) is 1. The van der Waals surface area contributed by atoms with Crippen molar-refractivity contribution in [3.05, 3.63) is 35.5 Å². The predicted molar refractivity (Wildman–Crippen MR) is 77.2 cm³/mol. The minimum Gasteiger partial charge on any atom is -0.493 e. The van der Waals surface area contributed by atoms with Crippen LogP contribution in [0.1, 0.15) is 17.5 Å². The van der Waals surface area contributed by atoms with Crippen molar-refractivity contribution in [2.75, 3.05) is 20.7 Å². The van der Waals surface area contributed by atoms with Gasteiger partial charge < -0.3 is 19.5 Å². The van der Waals surface area contributed by atoms with Crippen molar-refractivity contribution in [2.24, 2.45) is 0 Å². The van der Waals surface area contributed by atoms with E-state index in [0.29, 0.717) is 6.42 Å². The van der Waals surface area contributed by atoms with Gasteiger partial charge in [-0.2, -0.15) is 0 Å². The molecule has 20 heavy (non-hydrogen) atoms. The van der Waals surface area contributed by atoms with Crippen LogP contribution in [0.25, 0.3) is 0 Å². The predicted octanol–water partition coefficient (Wildman–Crippen LogP) is 1.75. The van der Waals surface area contributed by atoms with Crippen LogP contribution >= 0.6 is 0 Å². The first kappa shape index (κ1) is 13.3. The Morgan fingerprint density at radius 2 is 2.25 bits per heavy atom. The number of methoxy groups -OCH3 is 1. The summed E-state index contributed by atoms with van der Waals surface area (Å²) in [4.78, 5) is 2.11. The molecule has 1 unspecified atom stereocenters. The van der Waals surface area contributed by atoms with E-state index in [9.17, 15) is 5.11 Å². The van der Waals surface area contributed by atoms with Gasteiger partial charge in [0, 0.05) is 32.0 Å². The number of fused-ring (bicyclic) bond motifs is 1. The van der Waals surface area contributed by atoms with E-state index in [1.807, 2.05) is 25.4 Å². The maximum absolute atomic E-state index is 10.1. The number of aliphatic hydroxyl groups is 1. The molecular weight excluding hydrogens is 254 g/mol. The van der Waals surface area contributed by atoms with Crippen LogP contribution in [0, 0.1) is 0 Å². The van der Waals surface area contributed by atoms with Crippen molar-refractivity contribution in [1.29, 1.82) is 0 Å². The van der Waals surface area contributed by atoms with Crippen molar-refractivity contribution in [3.63, 3.8) is 0 Å². The Hall–Kier alpha value is -1.68. The summed E-state index contributed by atoms with van der Waals surface area (Å²) in [5.74, 6) is 1.66. The molecule has 0 saturated carbocycles. The molecule has 4 heteroatoms. The molecule has 2 aliphatic heterocycles. The lowest BCUT2D eigenvalue weighted by Crippen LogP contribution is -2.21. The van der Waals surface area contributed by atoms with Gasteiger partial charge in [-0.25, -0.2) is 0 Å². The lowest BCUT2D eigenvalue weighted by Gasteiger charge is -2.18. The summed E-state index contributed by atoms with van der Waals surface area (Å²) in [5, 5.41) is 10.1. The van der Waals surface area contributed by atoms with Crippen LogP contribution in [-0.4, -0.2) is 42.9 Å². The number of hydrogen-bond acceptors (Lipinski definition) is 4. The smallest absolute Gasteiger partial charge is 0.165 e. The zero-order valence-corrected chi connectivity index (χ0v) is 12.0. The van der Waals surface area contributed by atoms with Crippen molar-refractivity contribution in [2.45, 2.75) is 31.5 Å². The van der Waals surface area contributed by atoms with E-state index in [0.717, 1.165) is 30.9 Å². The minimum absolute atomic E-state index is 0.0307. The summed E-state index contributed by atoms with van der Waals surface area (Å²) >= 11 is 0. The second kappa shape index (κ2) is 5.37. The average Bonchev–Trinajstić information content (AvgIpc) is 2.84. The number of aliphatic hydroxyl groups excluding tert-OH is 1. The van der Waals surface area contributed by atoms with E-state index in [1.54, 1.807) is 7.11 Å². The lowest BCUT2D eigenvalue weighted by atomic mass is 9.98. The van der Waals surface area contributed by atoms with Gasteiger partial charge in [0.25, 0.3) is 0 Å². The zero-order chi connectivity index (χ0) is 14.1. The van der Waals surface area contributed by atoms with E-state index in [-0.39, 0.29) is 6.10 Å². The van der Waals surface area contributed by atoms with Crippen LogP contribution in [0.2, 0.25) is 0 Å². The van der Waals surface area contributed by atoms with E-state index in [1.165, 1.54) is 11.1 Å². The fraction of sp³-hybridized carbons (Fsp3) is 0.500. The largest absolute Gasteiger partial charge is 0.493 e. The van der Waals surface area contributed by atoms with Crippen LogP contribution in [0.15, 0.2) is 24.4 Å². The van der Waals surface area contributed by atoms with Crippen molar-refractivity contribution in [3.8, 4) is 11.5 Å². The van der Waals surface area contributed by atoms with Gasteiger partial charge in [0.2, 0.25) is 0 Å². The highest BCUT2D eigenvalue weighted by Crippen LogP contribution is 2.41. The maximum Gasteiger partial charge on any atom is 0.165 e. The van der Waals surface area contributed by atoms with E-state index >= 15 is 0 Å². The number of likely N-dealkylation sites (N-methyl/N-ethyl adjacent to an activating group) is 1. The Morgan fingerprint density at radius 3 is 3.05 bits per heavy atom. The Balaban J connectivity index is 1.97. The van der Waals surface area contributed by atoms with Gasteiger partial charge in [-0.15, -0.1) is 0 Å². The van der Waals surface area contributed by atoms with Gasteiger partial charge in [-0.05, 0) is 30.3 Å². The summed E-state index contributed by atoms with van der Waals surface area (Å²) < 4.78 is 11.4. The summed E-state index contributed by atoms with van der Waals surface area (Å²) in [7, 11) is 3.70. The molecule has 0 fully saturated rings. The van der Waals surface area contributed by atoms with Gasteiger partial charge in [-0.3, -0.25) is 0 Å². The topological polar surface area (TPSA) is 41.9 Å². The molecule has 0 spiro atoms. The summed E-state index contributed by atoms with van der Waals surface area (Å²) in [6.07, 6.45) is 5.80. The average molecular weight is 275 g/mol. The van der Waals surface area contributed by atoms with Gasteiger partial charge in [0.15, 0.2) is 11.5 Å². The molecule has 2 bridgehead atoms. The quantitative estimate of drug-likeness (QED) is 0.848. The summed E-state index contributed by atoms with van der Waals surface area (Å²) in [6, 6.07) is 4.11. The second-order valence-electron chi connectivity index (χ2n) is 5.55. The first-order valence-electron chi connectivity index (χ1n) is 7.09. The van der Waals surface area contributed by atoms with Crippen molar-refractivity contribution < 1.29 is 14.6 Å². The fourth-order valence-corrected chi connectivity index (χ4v) is 2.93. The Kier molecular flexibility index (Phi) is 3.57. The Labute approximate surface area is 119 Å².